The molecule has 2 rings (SSSR count). The summed E-state index contributed by atoms with van der Waals surface area (Å²) < 4.78 is 44.9. The largest absolute Gasteiger partial charge is 0.545 e. The van der Waals surface area contributed by atoms with Crippen LogP contribution in [0.5, 0.6) is 0 Å². The Kier molecular flexibility index (Phi) is 5.12. The van der Waals surface area contributed by atoms with Gasteiger partial charge in [-0.2, -0.15) is 13.2 Å². The predicted octanol–water partition coefficient (Wildman–Crippen LogP) is -0.166. The van der Waals surface area contributed by atoms with Gasteiger partial charge in [-0.15, -0.1) is 0 Å². The summed E-state index contributed by atoms with van der Waals surface area (Å²) >= 11 is 0. The van der Waals surface area contributed by atoms with Gasteiger partial charge in [-0.1, -0.05) is 24.3 Å². The molecule has 0 spiro atoms. The molecule has 3 N–H and O–H groups in total. The van der Waals surface area contributed by atoms with Gasteiger partial charge in [0.05, 0.1) is 18.6 Å². The van der Waals surface area contributed by atoms with Gasteiger partial charge in [0.25, 0.3) is 5.72 Å². The minimum atomic E-state index is -5.38. The Morgan fingerprint density at radius 2 is 1.88 bits per heavy atom. The first-order valence-electron chi connectivity index (χ1n) is 7.37. The zero-order chi connectivity index (χ0) is 19.7. The van der Waals surface area contributed by atoms with E-state index in [1.807, 2.05) is 0 Å². The van der Waals surface area contributed by atoms with Crippen LogP contribution in [0.25, 0.3) is 0 Å². The maximum Gasteiger partial charge on any atom is 0.437 e. The number of aliphatic hydroxyl groups is 1. The number of carboxylic acids is 1. The number of amides is 2. The van der Waals surface area contributed by atoms with Crippen molar-refractivity contribution >= 4 is 18.0 Å². The third-order valence-electron chi connectivity index (χ3n) is 3.85. The number of hydrogen-bond acceptors (Lipinski definition) is 6. The van der Waals surface area contributed by atoms with Crippen molar-refractivity contribution in [2.45, 2.75) is 24.9 Å². The van der Waals surface area contributed by atoms with E-state index in [0.717, 1.165) is 24.3 Å². The van der Waals surface area contributed by atoms with Crippen LogP contribution in [-0.4, -0.2) is 41.6 Å². The van der Waals surface area contributed by atoms with Crippen LogP contribution in [0.1, 0.15) is 28.9 Å². The third kappa shape index (κ3) is 3.43. The molecule has 142 valence electrons. The van der Waals surface area contributed by atoms with Gasteiger partial charge in [0, 0.05) is 0 Å². The fraction of sp³-hybridized carbons (Fsp3) is 0.400. The number of nitrogens with one attached hydrogen (secondary N) is 2. The summed E-state index contributed by atoms with van der Waals surface area (Å²) in [6.45, 7) is 1.11. The molecule has 8 nitrogen and oxygen atoms in total. The second kappa shape index (κ2) is 6.83. The quantitative estimate of drug-likeness (QED) is 0.627. The normalized spacial score (nSPS) is 25.8. The molecule has 0 bridgehead atoms. The highest BCUT2D eigenvalue weighted by Gasteiger charge is 2.67. The van der Waals surface area contributed by atoms with Crippen LogP contribution in [0.2, 0.25) is 0 Å². The lowest BCUT2D eigenvalue weighted by molar-refractivity contribution is -0.294. The van der Waals surface area contributed by atoms with Gasteiger partial charge in [-0.25, -0.2) is 4.79 Å². The molecular formula is C15H14F3N2O6-. The van der Waals surface area contributed by atoms with E-state index in [4.69, 9.17) is 0 Å². The number of rotatable bonds is 4. The zero-order valence-electron chi connectivity index (χ0n) is 13.3. The van der Waals surface area contributed by atoms with Crippen molar-refractivity contribution < 1.29 is 42.5 Å². The molecule has 1 aromatic rings. The minimum Gasteiger partial charge on any atom is -0.545 e. The minimum absolute atomic E-state index is 0.0365. The first-order valence-corrected chi connectivity index (χ1v) is 7.37. The molecule has 1 heterocycles. The first kappa shape index (κ1) is 19.5. The molecule has 1 aliphatic rings. The third-order valence-corrected chi connectivity index (χ3v) is 3.85. The van der Waals surface area contributed by atoms with Crippen LogP contribution in [0.3, 0.4) is 0 Å². The summed E-state index contributed by atoms with van der Waals surface area (Å²) in [7, 11) is 0. The molecule has 1 saturated heterocycles. The number of halogens is 3. The van der Waals surface area contributed by atoms with Crippen LogP contribution < -0.4 is 15.7 Å². The number of carboxylic acid groups (broad SMARTS) is 1. The molecule has 0 unspecified atom stereocenters. The van der Waals surface area contributed by atoms with Crippen molar-refractivity contribution in [3.63, 3.8) is 0 Å². The second-order valence-corrected chi connectivity index (χ2v) is 5.48. The fourth-order valence-electron chi connectivity index (χ4n) is 2.64. The molecule has 1 fully saturated rings. The molecule has 2 amide bonds. The van der Waals surface area contributed by atoms with Crippen molar-refractivity contribution in [2.75, 3.05) is 6.61 Å². The Labute approximate surface area is 144 Å². The molecule has 11 heteroatoms. The average Bonchev–Trinajstić information content (AvgIpc) is 2.53. The summed E-state index contributed by atoms with van der Waals surface area (Å²) in [5.41, 5.74) is -4.17. The molecule has 0 aliphatic carbocycles. The molecule has 3 atom stereocenters. The van der Waals surface area contributed by atoms with E-state index in [-0.39, 0.29) is 17.7 Å². The second-order valence-electron chi connectivity index (χ2n) is 5.48. The van der Waals surface area contributed by atoms with E-state index in [1.165, 1.54) is 12.2 Å². The molecule has 0 saturated carbocycles. The van der Waals surface area contributed by atoms with E-state index in [1.54, 1.807) is 0 Å². The van der Waals surface area contributed by atoms with Gasteiger partial charge in [-0.3, -0.25) is 4.79 Å². The van der Waals surface area contributed by atoms with E-state index in [2.05, 4.69) is 10.1 Å². The van der Waals surface area contributed by atoms with Gasteiger partial charge in [0.15, 0.2) is 0 Å². The number of hydrogen-bond donors (Lipinski definition) is 3. The molecule has 0 aromatic heterocycles. The van der Waals surface area contributed by atoms with Gasteiger partial charge in [-0.05, 0) is 18.1 Å². The summed E-state index contributed by atoms with van der Waals surface area (Å²) in [6.07, 6.45) is -5.38. The lowest BCUT2D eigenvalue weighted by Crippen LogP contribution is -2.73. The lowest BCUT2D eigenvalue weighted by Gasteiger charge is -2.44. The number of ether oxygens (including phenoxy) is 1. The van der Waals surface area contributed by atoms with Crippen molar-refractivity contribution in [1.29, 1.82) is 0 Å². The first-order chi connectivity index (χ1) is 12.0. The molecular weight excluding hydrogens is 361 g/mol. The lowest BCUT2D eigenvalue weighted by atomic mass is 9.82. The highest BCUT2D eigenvalue weighted by molar-refractivity contribution is 5.86. The topological polar surface area (TPSA) is 128 Å². The van der Waals surface area contributed by atoms with Gasteiger partial charge in [0.1, 0.15) is 5.92 Å². The molecule has 1 aliphatic heterocycles. The van der Waals surface area contributed by atoms with Gasteiger partial charge in [0.2, 0.25) is 0 Å². The molecule has 0 radical (unpaired) electrons. The number of alkyl halides is 3. The maximum absolute atomic E-state index is 13.4. The number of carbonyl (C=O) groups excluding carboxylic acids is 3. The summed E-state index contributed by atoms with van der Waals surface area (Å²) in [4.78, 5) is 34.6. The van der Waals surface area contributed by atoms with Crippen molar-refractivity contribution in [2.24, 2.45) is 5.92 Å². The fourth-order valence-corrected chi connectivity index (χ4v) is 2.64. The monoisotopic (exact) mass is 375 g/mol. The van der Waals surface area contributed by atoms with Crippen molar-refractivity contribution in [1.82, 2.24) is 10.6 Å². The highest BCUT2D eigenvalue weighted by atomic mass is 19.4. The highest BCUT2D eigenvalue weighted by Crippen LogP contribution is 2.43. The van der Waals surface area contributed by atoms with Crippen LogP contribution in [0.15, 0.2) is 24.3 Å². The number of benzene rings is 1. The average molecular weight is 375 g/mol. The molecule has 26 heavy (non-hydrogen) atoms. The Balaban J connectivity index is 2.54. The molecule has 1 aromatic carbocycles. The van der Waals surface area contributed by atoms with E-state index in [0.29, 0.717) is 0 Å². The van der Waals surface area contributed by atoms with Crippen molar-refractivity contribution in [3.05, 3.63) is 35.4 Å². The SMILES string of the molecule is CCOC(=O)[C@H]1[C@H](c2ccc(C(=O)[O-])cc2)NC(=O)N[C@]1(O)C(F)(F)F. The Morgan fingerprint density at radius 1 is 1.31 bits per heavy atom. The Hall–Kier alpha value is -2.82. The van der Waals surface area contributed by atoms with Crippen molar-refractivity contribution in [3.8, 4) is 0 Å². The van der Waals surface area contributed by atoms with Gasteiger partial charge < -0.3 is 30.4 Å². The number of aromatic carboxylic acids is 1. The zero-order valence-corrected chi connectivity index (χ0v) is 13.3. The standard InChI is InChI=1S/C15H15F3N2O6/c1-2-26-12(23)9-10(7-3-5-8(6-4-7)11(21)22)19-13(24)20-14(9,25)15(16,17)18/h3-6,9-10,25H,2H2,1H3,(H,21,22)(H2,19,20,24)/p-1/t9-,10+,14-/m1/s1. The van der Waals surface area contributed by atoms with E-state index in [9.17, 15) is 37.8 Å². The summed E-state index contributed by atoms with van der Waals surface area (Å²) in [6, 6.07) is 1.29. The van der Waals surface area contributed by atoms with Crippen LogP contribution in [0.4, 0.5) is 18.0 Å². The Morgan fingerprint density at radius 3 is 2.35 bits per heavy atom. The van der Waals surface area contributed by atoms with E-state index < -0.39 is 41.8 Å². The van der Waals surface area contributed by atoms with Crippen LogP contribution in [-0.2, 0) is 9.53 Å². The van der Waals surface area contributed by atoms with E-state index >= 15 is 0 Å². The predicted molar refractivity (Wildman–Crippen MR) is 76.3 cm³/mol. The van der Waals surface area contributed by atoms with Gasteiger partial charge >= 0.3 is 18.2 Å². The van der Waals surface area contributed by atoms with Crippen LogP contribution >= 0.6 is 0 Å². The smallest absolute Gasteiger partial charge is 0.437 e. The number of urea groups is 1. The van der Waals surface area contributed by atoms with Crippen LogP contribution in [0, 0.1) is 5.92 Å². The number of esters is 1. The number of carbonyl (C=O) groups is 3. The maximum atomic E-state index is 13.4. The Bertz CT molecular complexity index is 721. The summed E-state index contributed by atoms with van der Waals surface area (Å²) in [5.74, 6) is -5.18. The summed E-state index contributed by atoms with van der Waals surface area (Å²) in [5, 5.41) is 24.3.